The van der Waals surface area contributed by atoms with E-state index < -0.39 is 0 Å². The van der Waals surface area contributed by atoms with Crippen molar-refractivity contribution in [2.75, 3.05) is 12.9 Å². The van der Waals surface area contributed by atoms with Gasteiger partial charge >= 0.3 is 0 Å². The van der Waals surface area contributed by atoms with Crippen LogP contribution in [0.25, 0.3) is 0 Å². The third-order valence-corrected chi connectivity index (χ3v) is 5.84. The molecule has 0 aliphatic heterocycles. The van der Waals surface area contributed by atoms with Crippen LogP contribution in [0.5, 0.6) is 0 Å². The number of hydrogen-bond donors (Lipinski definition) is 0. The lowest BCUT2D eigenvalue weighted by molar-refractivity contribution is 0.319. The van der Waals surface area contributed by atoms with Crippen molar-refractivity contribution in [2.45, 2.75) is 50.8 Å². The molecular weight excluding hydrogens is 327 g/mol. The van der Waals surface area contributed by atoms with Crippen LogP contribution in [0.4, 0.5) is 4.39 Å². The van der Waals surface area contributed by atoms with Crippen LogP contribution in [-0.2, 0) is 0 Å². The third kappa shape index (κ3) is 6.86. The molecule has 0 aliphatic carbocycles. The van der Waals surface area contributed by atoms with Crippen LogP contribution in [-0.4, -0.2) is 12.9 Å². The van der Waals surface area contributed by atoms with Crippen LogP contribution >= 0.6 is 11.8 Å². The molecule has 0 N–H and O–H groups in total. The summed E-state index contributed by atoms with van der Waals surface area (Å²) in [7, 11) is 0. The lowest BCUT2D eigenvalue weighted by atomic mass is 9.87. The first kappa shape index (κ1) is 21.8. The van der Waals surface area contributed by atoms with Gasteiger partial charge in [0.15, 0.2) is 0 Å². The Kier molecular flexibility index (Phi) is 9.89. The summed E-state index contributed by atoms with van der Waals surface area (Å²) in [6, 6.07) is 8.73. The van der Waals surface area contributed by atoms with Gasteiger partial charge in [0.1, 0.15) is 0 Å². The molecular formula is C23H33FS. The Bertz CT molecular complexity index is 588. The highest BCUT2D eigenvalue weighted by molar-refractivity contribution is 7.98. The molecule has 138 valence electrons. The molecule has 0 aromatic heterocycles. The zero-order valence-electron chi connectivity index (χ0n) is 16.2. The SMILES string of the molecule is C=C/C(=C/[C@@H](CF)[C@H](C)CC)C(=C)CC[C@@H](C)c1cccc(SC)c1. The van der Waals surface area contributed by atoms with Crippen LogP contribution in [0.1, 0.15) is 51.5 Å². The molecule has 0 spiro atoms. The van der Waals surface area contributed by atoms with Crippen LogP contribution < -0.4 is 0 Å². The summed E-state index contributed by atoms with van der Waals surface area (Å²) < 4.78 is 13.4. The molecule has 0 unspecified atom stereocenters. The predicted octanol–water partition coefficient (Wildman–Crippen LogP) is 7.59. The van der Waals surface area contributed by atoms with Crippen LogP contribution in [0, 0.1) is 11.8 Å². The zero-order chi connectivity index (χ0) is 18.8. The number of thioether (sulfide) groups is 1. The Hall–Kier alpha value is -1.28. The molecule has 0 heterocycles. The summed E-state index contributed by atoms with van der Waals surface area (Å²) in [6.07, 6.45) is 8.87. The van der Waals surface area contributed by atoms with E-state index in [4.69, 9.17) is 0 Å². The molecule has 0 radical (unpaired) electrons. The van der Waals surface area contributed by atoms with E-state index in [0.29, 0.717) is 11.8 Å². The smallest absolute Gasteiger partial charge is 0.0959 e. The molecule has 1 aromatic rings. The van der Waals surface area contributed by atoms with Gasteiger partial charge in [-0.3, -0.25) is 4.39 Å². The first-order valence-electron chi connectivity index (χ1n) is 9.19. The van der Waals surface area contributed by atoms with E-state index in [-0.39, 0.29) is 12.6 Å². The Balaban J connectivity index is 2.73. The normalized spacial score (nSPS) is 15.5. The van der Waals surface area contributed by atoms with Gasteiger partial charge < -0.3 is 0 Å². The number of halogens is 1. The Morgan fingerprint density at radius 3 is 2.60 bits per heavy atom. The molecule has 1 aromatic carbocycles. The van der Waals surface area contributed by atoms with Crippen molar-refractivity contribution in [1.29, 1.82) is 0 Å². The molecule has 0 amide bonds. The molecule has 0 nitrogen and oxygen atoms in total. The number of hydrogen-bond acceptors (Lipinski definition) is 1. The second-order valence-electron chi connectivity index (χ2n) is 6.85. The van der Waals surface area contributed by atoms with Crippen molar-refractivity contribution in [3.05, 3.63) is 66.3 Å². The predicted molar refractivity (Wildman–Crippen MR) is 112 cm³/mol. The van der Waals surface area contributed by atoms with Crippen molar-refractivity contribution in [1.82, 2.24) is 0 Å². The standard InChI is InChI=1S/C23H33FS/c1-7-17(3)22(16-24)14-20(8-2)18(4)12-13-19(5)21-10-9-11-23(15-21)25-6/h8-11,14-15,17,19,22H,2,4,7,12-13,16H2,1,3,5-6H3/b20-14-/t17-,19-,22+/m1/s1. The Morgan fingerprint density at radius 1 is 1.32 bits per heavy atom. The topological polar surface area (TPSA) is 0 Å². The second-order valence-corrected chi connectivity index (χ2v) is 7.73. The summed E-state index contributed by atoms with van der Waals surface area (Å²) in [4.78, 5) is 1.30. The van der Waals surface area contributed by atoms with Crippen molar-refractivity contribution in [3.8, 4) is 0 Å². The highest BCUT2D eigenvalue weighted by Crippen LogP contribution is 2.29. The first-order valence-corrected chi connectivity index (χ1v) is 10.4. The van der Waals surface area contributed by atoms with Gasteiger partial charge in [-0.25, -0.2) is 0 Å². The molecule has 1 rings (SSSR count). The van der Waals surface area contributed by atoms with Gasteiger partial charge in [0.25, 0.3) is 0 Å². The summed E-state index contributed by atoms with van der Waals surface area (Å²) in [6.45, 7) is 14.3. The third-order valence-electron chi connectivity index (χ3n) is 5.12. The van der Waals surface area contributed by atoms with E-state index in [1.807, 2.05) is 12.2 Å². The molecule has 25 heavy (non-hydrogen) atoms. The van der Waals surface area contributed by atoms with Crippen molar-refractivity contribution < 1.29 is 4.39 Å². The average molecular weight is 361 g/mol. The van der Waals surface area contributed by atoms with E-state index in [9.17, 15) is 4.39 Å². The molecule has 0 fully saturated rings. The van der Waals surface area contributed by atoms with Crippen molar-refractivity contribution in [3.63, 3.8) is 0 Å². The van der Waals surface area contributed by atoms with Gasteiger partial charge in [-0.2, -0.15) is 0 Å². The summed E-state index contributed by atoms with van der Waals surface area (Å²) in [5, 5.41) is 0. The largest absolute Gasteiger partial charge is 0.250 e. The minimum absolute atomic E-state index is 0.0505. The molecule has 0 saturated carbocycles. The fourth-order valence-electron chi connectivity index (χ4n) is 2.87. The van der Waals surface area contributed by atoms with E-state index in [0.717, 1.165) is 30.4 Å². The van der Waals surface area contributed by atoms with Gasteiger partial charge in [0, 0.05) is 10.8 Å². The quantitative estimate of drug-likeness (QED) is 0.289. The maximum Gasteiger partial charge on any atom is 0.0959 e. The monoisotopic (exact) mass is 360 g/mol. The van der Waals surface area contributed by atoms with E-state index in [2.05, 4.69) is 64.5 Å². The molecule has 0 aliphatic rings. The summed E-state index contributed by atoms with van der Waals surface area (Å²) in [5.74, 6) is 0.757. The Labute approximate surface area is 158 Å². The highest BCUT2D eigenvalue weighted by atomic mass is 32.2. The fourth-order valence-corrected chi connectivity index (χ4v) is 3.34. The minimum atomic E-state index is -0.322. The van der Waals surface area contributed by atoms with E-state index >= 15 is 0 Å². The summed E-state index contributed by atoms with van der Waals surface area (Å²) in [5.41, 5.74) is 3.43. The molecule has 0 bridgehead atoms. The van der Waals surface area contributed by atoms with Crippen molar-refractivity contribution >= 4 is 11.8 Å². The maximum atomic E-state index is 13.4. The first-order chi connectivity index (χ1) is 12.0. The zero-order valence-corrected chi connectivity index (χ0v) is 17.0. The molecule has 3 atom stereocenters. The van der Waals surface area contributed by atoms with Gasteiger partial charge in [-0.1, -0.05) is 64.6 Å². The Morgan fingerprint density at radius 2 is 2.04 bits per heavy atom. The summed E-state index contributed by atoms with van der Waals surface area (Å²) >= 11 is 1.77. The number of rotatable bonds is 11. The van der Waals surface area contributed by atoms with Crippen molar-refractivity contribution in [2.24, 2.45) is 11.8 Å². The van der Waals surface area contributed by atoms with Crippen LogP contribution in [0.15, 0.2) is 65.6 Å². The van der Waals surface area contributed by atoms with E-state index in [1.165, 1.54) is 10.5 Å². The fraction of sp³-hybridized carbons (Fsp3) is 0.478. The van der Waals surface area contributed by atoms with Gasteiger partial charge in [-0.05, 0) is 59.8 Å². The number of alkyl halides is 1. The highest BCUT2D eigenvalue weighted by Gasteiger charge is 2.15. The van der Waals surface area contributed by atoms with Crippen LogP contribution in [0.2, 0.25) is 0 Å². The van der Waals surface area contributed by atoms with E-state index in [1.54, 1.807) is 11.8 Å². The molecule has 0 saturated heterocycles. The van der Waals surface area contributed by atoms with Gasteiger partial charge in [-0.15, -0.1) is 11.8 Å². The lowest BCUT2D eigenvalue weighted by Gasteiger charge is -2.19. The lowest BCUT2D eigenvalue weighted by Crippen LogP contribution is -2.11. The molecule has 2 heteroatoms. The second kappa shape index (κ2) is 11.4. The average Bonchev–Trinajstić information content (AvgIpc) is 2.66. The number of allylic oxidation sites excluding steroid dienone is 4. The van der Waals surface area contributed by atoms with Crippen LogP contribution in [0.3, 0.4) is 0 Å². The number of benzene rings is 1. The van der Waals surface area contributed by atoms with Gasteiger partial charge in [0.05, 0.1) is 6.67 Å². The van der Waals surface area contributed by atoms with Gasteiger partial charge in [0.2, 0.25) is 0 Å². The maximum absolute atomic E-state index is 13.4. The minimum Gasteiger partial charge on any atom is -0.250 e.